The molecule has 1 aromatic heterocycles. The molecule has 3 aromatic rings. The van der Waals surface area contributed by atoms with Gasteiger partial charge >= 0.3 is 0 Å². The quantitative estimate of drug-likeness (QED) is 0.362. The molecule has 3 amide bonds. The summed E-state index contributed by atoms with van der Waals surface area (Å²) in [6.07, 6.45) is 3.62. The minimum Gasteiger partial charge on any atom is -0.352 e. The predicted molar refractivity (Wildman–Crippen MR) is 142 cm³/mol. The highest BCUT2D eigenvalue weighted by Gasteiger charge is 2.59. The molecule has 1 fully saturated rings. The number of halogens is 2. The third-order valence-electron chi connectivity index (χ3n) is 6.13. The summed E-state index contributed by atoms with van der Waals surface area (Å²) in [6.45, 7) is 1.45. The molecule has 0 saturated carbocycles. The van der Waals surface area contributed by atoms with Gasteiger partial charge in [0.25, 0.3) is 11.1 Å². The van der Waals surface area contributed by atoms with E-state index in [2.05, 4.69) is 22.9 Å². The maximum absolute atomic E-state index is 12.8. The summed E-state index contributed by atoms with van der Waals surface area (Å²) in [4.78, 5) is 43.5. The number of pyridine rings is 1. The third-order valence-corrected chi connectivity index (χ3v) is 6.81. The van der Waals surface area contributed by atoms with E-state index in [0.29, 0.717) is 48.1 Å². The standard InChI is InChI=1S/C16H12ClN3O2S.C10H12ClNO/c17-11-3-1-10(2-4-11)16-13-9-18-6-5-12(13)14(21)19(16)7-8-20(16)15(22)23;11-7-6-10(13)12-8-9-4-2-1-3-5-9/h1-6,9H,7-8H2,(H,22,23);1-5H,6-8H2,(H,12,13). The van der Waals surface area contributed by atoms with Crippen molar-refractivity contribution in [1.29, 1.82) is 0 Å². The SMILES string of the molecule is O=C(CCCl)NCc1ccccc1.O=C(S)N1CCN2C(=O)c3ccncc3C12c1ccc(Cl)cc1. The number of aromatic nitrogens is 1. The van der Waals surface area contributed by atoms with Crippen LogP contribution in [-0.2, 0) is 17.0 Å². The smallest absolute Gasteiger partial charge is 0.281 e. The normalized spacial score (nSPS) is 17.7. The number of alkyl halides is 1. The van der Waals surface area contributed by atoms with Crippen LogP contribution in [0.3, 0.4) is 0 Å². The second kappa shape index (κ2) is 11.3. The van der Waals surface area contributed by atoms with Gasteiger partial charge in [0.1, 0.15) is 0 Å². The van der Waals surface area contributed by atoms with Crippen molar-refractivity contribution in [2.24, 2.45) is 0 Å². The Bertz CT molecular complexity index is 1260. The number of carbonyl (C=O) groups excluding carboxylic acids is 3. The summed E-state index contributed by atoms with van der Waals surface area (Å²) in [5.41, 5.74) is 2.16. The van der Waals surface area contributed by atoms with Gasteiger partial charge in [-0.15, -0.1) is 11.6 Å². The van der Waals surface area contributed by atoms with Crippen LogP contribution in [0, 0.1) is 0 Å². The van der Waals surface area contributed by atoms with Crippen LogP contribution >= 0.6 is 35.8 Å². The summed E-state index contributed by atoms with van der Waals surface area (Å²) in [5, 5.41) is 2.99. The van der Waals surface area contributed by atoms with E-state index in [9.17, 15) is 14.4 Å². The van der Waals surface area contributed by atoms with Gasteiger partial charge in [-0.25, -0.2) is 0 Å². The molecule has 1 atom stereocenters. The van der Waals surface area contributed by atoms with E-state index < -0.39 is 5.66 Å². The van der Waals surface area contributed by atoms with E-state index in [1.807, 2.05) is 42.5 Å². The van der Waals surface area contributed by atoms with E-state index in [1.165, 1.54) is 0 Å². The van der Waals surface area contributed by atoms with E-state index >= 15 is 0 Å². The van der Waals surface area contributed by atoms with Gasteiger partial charge in [-0.05, 0) is 23.8 Å². The summed E-state index contributed by atoms with van der Waals surface area (Å²) in [7, 11) is 0. The lowest BCUT2D eigenvalue weighted by Gasteiger charge is -2.39. The van der Waals surface area contributed by atoms with Crippen LogP contribution in [-0.4, -0.2) is 50.8 Å². The van der Waals surface area contributed by atoms with Gasteiger partial charge in [-0.3, -0.25) is 19.4 Å². The number of hydrogen-bond acceptors (Lipinski definition) is 4. The molecule has 1 unspecified atom stereocenters. The van der Waals surface area contributed by atoms with Crippen LogP contribution in [0.2, 0.25) is 5.02 Å². The first kappa shape index (κ1) is 26.0. The fourth-order valence-electron chi connectivity index (χ4n) is 4.57. The first-order valence-electron chi connectivity index (χ1n) is 11.3. The molecule has 1 saturated heterocycles. The minimum absolute atomic E-state index is 0.00106. The predicted octanol–water partition coefficient (Wildman–Crippen LogP) is 4.69. The second-order valence-corrected chi connectivity index (χ2v) is 9.39. The van der Waals surface area contributed by atoms with Crippen molar-refractivity contribution in [2.75, 3.05) is 19.0 Å². The lowest BCUT2D eigenvalue weighted by atomic mass is 9.91. The second-order valence-electron chi connectivity index (χ2n) is 8.19. The molecule has 186 valence electrons. The summed E-state index contributed by atoms with van der Waals surface area (Å²) >= 11 is 15.4. The molecule has 3 heterocycles. The number of amides is 3. The van der Waals surface area contributed by atoms with E-state index in [-0.39, 0.29) is 17.1 Å². The fourth-order valence-corrected chi connectivity index (χ4v) is 5.11. The average molecular weight is 543 g/mol. The molecule has 1 N–H and O–H groups in total. The number of fused-ring (bicyclic) bond motifs is 3. The van der Waals surface area contributed by atoms with Crippen molar-refractivity contribution < 1.29 is 14.4 Å². The minimum atomic E-state index is -0.996. The zero-order chi connectivity index (χ0) is 25.7. The van der Waals surface area contributed by atoms with E-state index in [0.717, 1.165) is 11.1 Å². The summed E-state index contributed by atoms with van der Waals surface area (Å²) < 4.78 is 0. The van der Waals surface area contributed by atoms with Crippen molar-refractivity contribution in [3.05, 3.63) is 100 Å². The van der Waals surface area contributed by atoms with Crippen LogP contribution in [0.15, 0.2) is 73.1 Å². The molecule has 0 spiro atoms. The van der Waals surface area contributed by atoms with E-state index in [4.69, 9.17) is 23.2 Å². The van der Waals surface area contributed by atoms with Crippen LogP contribution in [0.1, 0.15) is 33.5 Å². The lowest BCUT2D eigenvalue weighted by molar-refractivity contribution is -0.120. The topological polar surface area (TPSA) is 82.6 Å². The first-order valence-corrected chi connectivity index (χ1v) is 12.6. The number of rotatable bonds is 5. The molecule has 7 nitrogen and oxygen atoms in total. The maximum Gasteiger partial charge on any atom is 0.281 e. The van der Waals surface area contributed by atoms with Gasteiger partial charge in [0.15, 0.2) is 5.66 Å². The highest BCUT2D eigenvalue weighted by atomic mass is 35.5. The summed E-state index contributed by atoms with van der Waals surface area (Å²) in [5.74, 6) is 0.272. The van der Waals surface area contributed by atoms with Gasteiger partial charge in [0.2, 0.25) is 5.91 Å². The van der Waals surface area contributed by atoms with Crippen molar-refractivity contribution in [2.45, 2.75) is 18.6 Å². The molecule has 2 aliphatic heterocycles. The molecular weight excluding hydrogens is 519 g/mol. The maximum atomic E-state index is 12.8. The molecule has 36 heavy (non-hydrogen) atoms. The monoisotopic (exact) mass is 542 g/mol. The van der Waals surface area contributed by atoms with Gasteiger partial charge < -0.3 is 15.1 Å². The molecule has 0 radical (unpaired) electrons. The van der Waals surface area contributed by atoms with Gasteiger partial charge in [-0.2, -0.15) is 0 Å². The van der Waals surface area contributed by atoms with E-state index in [1.54, 1.807) is 40.4 Å². The molecule has 5 rings (SSSR count). The van der Waals surface area contributed by atoms with Crippen molar-refractivity contribution >= 4 is 52.9 Å². The first-order chi connectivity index (χ1) is 17.4. The number of thiol groups is 1. The van der Waals surface area contributed by atoms with Crippen molar-refractivity contribution in [3.8, 4) is 0 Å². The van der Waals surface area contributed by atoms with Gasteiger partial charge in [-0.1, -0.05) is 66.7 Å². The Balaban J connectivity index is 0.000000200. The van der Waals surface area contributed by atoms with Crippen molar-refractivity contribution in [3.63, 3.8) is 0 Å². The van der Waals surface area contributed by atoms with Gasteiger partial charge in [0.05, 0.1) is 5.56 Å². The zero-order valence-corrected chi connectivity index (χ0v) is 21.6. The van der Waals surface area contributed by atoms with Crippen LogP contribution in [0.25, 0.3) is 0 Å². The highest BCUT2D eigenvalue weighted by molar-refractivity contribution is 7.96. The van der Waals surface area contributed by atoms with Crippen molar-refractivity contribution in [1.82, 2.24) is 20.1 Å². The number of nitrogens with zero attached hydrogens (tertiary/aromatic N) is 3. The molecular formula is C26H24Cl2N4O3S. The third kappa shape index (κ3) is 4.93. The largest absolute Gasteiger partial charge is 0.352 e. The van der Waals surface area contributed by atoms with Gasteiger partial charge in [0, 0.05) is 60.5 Å². The molecule has 2 aromatic carbocycles. The molecule has 10 heteroatoms. The van der Waals surface area contributed by atoms with Crippen LogP contribution < -0.4 is 5.32 Å². The number of carbonyl (C=O) groups is 3. The molecule has 2 aliphatic rings. The number of nitrogens with one attached hydrogen (secondary N) is 1. The number of hydrogen-bond donors (Lipinski definition) is 2. The molecule has 0 aliphatic carbocycles. The Morgan fingerprint density at radius 1 is 1.06 bits per heavy atom. The Kier molecular flexibility index (Phi) is 8.18. The summed E-state index contributed by atoms with van der Waals surface area (Å²) in [6, 6.07) is 18.6. The Morgan fingerprint density at radius 3 is 2.44 bits per heavy atom. The highest BCUT2D eigenvalue weighted by Crippen LogP contribution is 2.49. The fraction of sp³-hybridized carbons (Fsp3) is 0.231. The molecule has 0 bridgehead atoms. The van der Waals surface area contributed by atoms with Crippen LogP contribution in [0.5, 0.6) is 0 Å². The Hall–Kier alpha value is -3.07. The Morgan fingerprint density at radius 2 is 1.78 bits per heavy atom. The van der Waals surface area contributed by atoms with Crippen LogP contribution in [0.4, 0.5) is 4.79 Å². The number of benzene rings is 2. The zero-order valence-electron chi connectivity index (χ0n) is 19.2. The average Bonchev–Trinajstić information content (AvgIpc) is 3.40. The lowest BCUT2D eigenvalue weighted by Crippen LogP contribution is -2.50. The Labute approximate surface area is 224 Å².